The van der Waals surface area contributed by atoms with Crippen molar-refractivity contribution in [3.8, 4) is 0 Å². The minimum atomic E-state index is 0.207. The third-order valence-corrected chi connectivity index (χ3v) is 8.41. The number of nitrogens with zero attached hydrogens (tertiary/aromatic N) is 3. The molecule has 2 aromatic rings. The molecule has 1 unspecified atom stereocenters. The molecule has 2 fully saturated rings. The number of hydrogen-bond acceptors (Lipinski definition) is 5. The van der Waals surface area contributed by atoms with Crippen molar-refractivity contribution < 1.29 is 9.47 Å². The maximum Gasteiger partial charge on any atom is 0.0714 e. The first kappa shape index (κ1) is 25.6. The maximum absolute atomic E-state index is 6.34. The Balaban J connectivity index is 1.10. The SMILES string of the molecule is C=C(C)C(c1cccnc1C1CC(OC)C1)N1CC[C@@H](OCCCCc2ccc3c(n2)CCCC3)C1. The topological polar surface area (TPSA) is 47.5 Å². The van der Waals surface area contributed by atoms with Crippen LogP contribution < -0.4 is 0 Å². The molecule has 1 aliphatic heterocycles. The van der Waals surface area contributed by atoms with E-state index in [9.17, 15) is 0 Å². The number of pyridine rings is 2. The zero-order valence-electron chi connectivity index (χ0n) is 22.3. The van der Waals surface area contributed by atoms with Crippen molar-refractivity contribution in [3.63, 3.8) is 0 Å². The van der Waals surface area contributed by atoms with Crippen LogP contribution in [-0.2, 0) is 28.7 Å². The number of methoxy groups -OCH3 is 1. The zero-order valence-corrected chi connectivity index (χ0v) is 22.3. The molecular weight excluding hydrogens is 446 g/mol. The van der Waals surface area contributed by atoms with Crippen LogP contribution in [0.3, 0.4) is 0 Å². The molecule has 5 heteroatoms. The Morgan fingerprint density at radius 1 is 1.14 bits per heavy atom. The molecule has 3 aliphatic rings. The van der Waals surface area contributed by atoms with E-state index < -0.39 is 0 Å². The van der Waals surface area contributed by atoms with Gasteiger partial charge in [-0.15, -0.1) is 0 Å². The molecule has 0 bridgehead atoms. The van der Waals surface area contributed by atoms with Gasteiger partial charge in [0.05, 0.1) is 18.2 Å². The Morgan fingerprint density at radius 3 is 2.83 bits per heavy atom. The molecule has 5 nitrogen and oxygen atoms in total. The van der Waals surface area contributed by atoms with Crippen LogP contribution in [0.15, 0.2) is 42.6 Å². The quantitative estimate of drug-likeness (QED) is 0.287. The van der Waals surface area contributed by atoms with Crippen LogP contribution in [0, 0.1) is 0 Å². The Labute approximate surface area is 217 Å². The molecule has 1 saturated heterocycles. The van der Waals surface area contributed by atoms with Gasteiger partial charge in [0.2, 0.25) is 0 Å². The predicted octanol–water partition coefficient (Wildman–Crippen LogP) is 5.98. The van der Waals surface area contributed by atoms with Crippen molar-refractivity contribution in [3.05, 3.63) is 70.8 Å². The lowest BCUT2D eigenvalue weighted by atomic mass is 9.77. The summed E-state index contributed by atoms with van der Waals surface area (Å²) in [5.74, 6) is 0.493. The van der Waals surface area contributed by atoms with Gasteiger partial charge >= 0.3 is 0 Å². The number of aromatic nitrogens is 2. The first-order valence-electron chi connectivity index (χ1n) is 14.1. The smallest absolute Gasteiger partial charge is 0.0714 e. The third-order valence-electron chi connectivity index (χ3n) is 8.41. The molecule has 1 saturated carbocycles. The normalized spacial score (nSPS) is 24.8. The first-order chi connectivity index (χ1) is 17.6. The maximum atomic E-state index is 6.34. The van der Waals surface area contributed by atoms with E-state index in [1.54, 1.807) is 0 Å². The highest BCUT2D eigenvalue weighted by atomic mass is 16.5. The van der Waals surface area contributed by atoms with Gasteiger partial charge in [0, 0.05) is 56.0 Å². The summed E-state index contributed by atoms with van der Waals surface area (Å²) in [5, 5.41) is 0. The number of hydrogen-bond donors (Lipinski definition) is 0. The van der Waals surface area contributed by atoms with E-state index in [0.29, 0.717) is 18.1 Å². The van der Waals surface area contributed by atoms with Crippen molar-refractivity contribution in [1.82, 2.24) is 14.9 Å². The molecule has 2 atom stereocenters. The van der Waals surface area contributed by atoms with Crippen LogP contribution in [0.1, 0.15) is 92.0 Å². The highest BCUT2D eigenvalue weighted by Gasteiger charge is 2.37. The van der Waals surface area contributed by atoms with Gasteiger partial charge in [0.15, 0.2) is 0 Å². The van der Waals surface area contributed by atoms with E-state index in [2.05, 4.69) is 42.7 Å². The van der Waals surface area contributed by atoms with Crippen LogP contribution >= 0.6 is 0 Å². The van der Waals surface area contributed by atoms with Gasteiger partial charge in [-0.25, -0.2) is 0 Å². The van der Waals surface area contributed by atoms with E-state index in [0.717, 1.165) is 64.6 Å². The molecule has 0 spiro atoms. The average Bonchev–Trinajstić information content (AvgIpc) is 3.32. The molecular formula is C31H43N3O2. The van der Waals surface area contributed by atoms with Crippen molar-refractivity contribution in [2.75, 3.05) is 26.8 Å². The van der Waals surface area contributed by atoms with Crippen LogP contribution in [0.25, 0.3) is 0 Å². The fourth-order valence-electron chi connectivity index (χ4n) is 6.31. The third kappa shape index (κ3) is 5.90. The van der Waals surface area contributed by atoms with Gasteiger partial charge in [-0.05, 0) is 94.4 Å². The lowest BCUT2D eigenvalue weighted by Gasteiger charge is -2.37. The van der Waals surface area contributed by atoms with Gasteiger partial charge in [0.1, 0.15) is 0 Å². The van der Waals surface area contributed by atoms with Gasteiger partial charge in [-0.2, -0.15) is 0 Å². The number of fused-ring (bicyclic) bond motifs is 1. The predicted molar refractivity (Wildman–Crippen MR) is 144 cm³/mol. The lowest BCUT2D eigenvalue weighted by molar-refractivity contribution is 0.0241. The Kier molecular flexibility index (Phi) is 8.51. The zero-order chi connectivity index (χ0) is 24.9. The van der Waals surface area contributed by atoms with Gasteiger partial charge in [-0.1, -0.05) is 24.3 Å². The van der Waals surface area contributed by atoms with Crippen molar-refractivity contribution in [2.45, 2.75) is 95.3 Å². The van der Waals surface area contributed by atoms with E-state index in [1.165, 1.54) is 53.0 Å². The number of likely N-dealkylation sites (tertiary alicyclic amines) is 1. The molecule has 0 amide bonds. The number of aryl methyl sites for hydroxylation is 3. The van der Waals surface area contributed by atoms with Crippen LogP contribution in [0.2, 0.25) is 0 Å². The van der Waals surface area contributed by atoms with Crippen molar-refractivity contribution >= 4 is 0 Å². The first-order valence-corrected chi connectivity index (χ1v) is 14.1. The summed E-state index contributed by atoms with van der Waals surface area (Å²) in [6, 6.07) is 9.09. The molecule has 0 radical (unpaired) electrons. The summed E-state index contributed by atoms with van der Waals surface area (Å²) in [5.41, 5.74) is 7.81. The largest absolute Gasteiger partial charge is 0.381 e. The number of ether oxygens (including phenoxy) is 2. The number of unbranched alkanes of at least 4 members (excludes halogenated alkanes) is 1. The molecule has 36 heavy (non-hydrogen) atoms. The Morgan fingerprint density at radius 2 is 2.00 bits per heavy atom. The highest BCUT2D eigenvalue weighted by Crippen LogP contribution is 2.42. The molecule has 194 valence electrons. The second-order valence-corrected chi connectivity index (χ2v) is 11.1. The molecule has 2 aromatic heterocycles. The van der Waals surface area contributed by atoms with Crippen molar-refractivity contribution in [2.24, 2.45) is 0 Å². The minimum absolute atomic E-state index is 0.207. The van der Waals surface area contributed by atoms with E-state index in [-0.39, 0.29) is 6.04 Å². The van der Waals surface area contributed by atoms with Gasteiger partial charge < -0.3 is 9.47 Å². The number of rotatable bonds is 11. The summed E-state index contributed by atoms with van der Waals surface area (Å²) in [7, 11) is 1.81. The minimum Gasteiger partial charge on any atom is -0.381 e. The molecule has 5 rings (SSSR count). The summed E-state index contributed by atoms with van der Waals surface area (Å²) < 4.78 is 11.9. The molecule has 0 N–H and O–H groups in total. The molecule has 3 heterocycles. The van der Waals surface area contributed by atoms with E-state index >= 15 is 0 Å². The summed E-state index contributed by atoms with van der Waals surface area (Å²) in [6.45, 7) is 9.37. The lowest BCUT2D eigenvalue weighted by Crippen LogP contribution is -2.33. The average molecular weight is 490 g/mol. The monoisotopic (exact) mass is 489 g/mol. The van der Waals surface area contributed by atoms with E-state index in [1.807, 2.05) is 13.3 Å². The van der Waals surface area contributed by atoms with Crippen LogP contribution in [0.5, 0.6) is 0 Å². The van der Waals surface area contributed by atoms with Crippen molar-refractivity contribution in [1.29, 1.82) is 0 Å². The summed E-state index contributed by atoms with van der Waals surface area (Å²) in [6.07, 6.45) is 14.1. The summed E-state index contributed by atoms with van der Waals surface area (Å²) >= 11 is 0. The van der Waals surface area contributed by atoms with Crippen LogP contribution in [0.4, 0.5) is 0 Å². The highest BCUT2D eigenvalue weighted by molar-refractivity contribution is 5.34. The standard InChI is InChI=1S/C31H43N3O2/c1-22(2)31(28-11-8-16-32-30(28)24-19-27(20-24)35-3)34-17-15-26(21-34)36-18-7-6-10-25-14-13-23-9-4-5-12-29(23)33-25/h8,11,13-14,16,24,26-27,31H,1,4-7,9-10,12,15,17-21H2,2-3H3/t24?,26-,27?,31?/m1/s1. The fraction of sp³-hybridized carbons (Fsp3) is 0.613. The summed E-state index contributed by atoms with van der Waals surface area (Å²) in [4.78, 5) is 12.3. The molecule has 2 aliphatic carbocycles. The Bertz CT molecular complexity index is 1030. The second-order valence-electron chi connectivity index (χ2n) is 11.1. The second kappa shape index (κ2) is 12.0. The molecule has 0 aromatic carbocycles. The fourth-order valence-corrected chi connectivity index (χ4v) is 6.31. The Hall–Kier alpha value is -2.08. The van der Waals surface area contributed by atoms with Gasteiger partial charge in [0.25, 0.3) is 0 Å². The van der Waals surface area contributed by atoms with Crippen LogP contribution in [-0.4, -0.2) is 53.9 Å². The van der Waals surface area contributed by atoms with Gasteiger partial charge in [-0.3, -0.25) is 14.9 Å². The van der Waals surface area contributed by atoms with E-state index in [4.69, 9.17) is 19.4 Å².